The smallest absolute Gasteiger partial charge is 0.197 e. The van der Waals surface area contributed by atoms with Gasteiger partial charge in [0.05, 0.1) is 22.8 Å². The maximum Gasteiger partial charge on any atom is 0.197 e. The summed E-state index contributed by atoms with van der Waals surface area (Å²) in [6.07, 6.45) is 8.05. The average molecular weight is 506 g/mol. The highest BCUT2D eigenvalue weighted by atomic mass is 16.1. The third-order valence-electron chi connectivity index (χ3n) is 6.65. The van der Waals surface area contributed by atoms with Crippen molar-refractivity contribution in [2.45, 2.75) is 0 Å². The molecule has 0 aliphatic carbocycles. The van der Waals surface area contributed by atoms with Crippen molar-refractivity contribution in [2.24, 2.45) is 0 Å². The van der Waals surface area contributed by atoms with Crippen molar-refractivity contribution in [3.63, 3.8) is 0 Å². The third-order valence-corrected chi connectivity index (χ3v) is 6.65. The van der Waals surface area contributed by atoms with Gasteiger partial charge in [0.1, 0.15) is 0 Å². The van der Waals surface area contributed by atoms with Crippen molar-refractivity contribution in [3.05, 3.63) is 130 Å². The van der Waals surface area contributed by atoms with E-state index in [1.54, 1.807) is 0 Å². The van der Waals surface area contributed by atoms with Gasteiger partial charge in [-0.15, -0.1) is 0 Å². The molecule has 8 bridgehead atoms. The van der Waals surface area contributed by atoms with E-state index in [0.717, 1.165) is 66.6 Å². The van der Waals surface area contributed by atoms with Crippen molar-refractivity contribution in [2.75, 3.05) is 0 Å². The lowest BCUT2D eigenvalue weighted by atomic mass is 10.1. The van der Waals surface area contributed by atoms with Crippen molar-refractivity contribution < 1.29 is 0 Å². The molecule has 0 spiro atoms. The largest absolute Gasteiger partial charge is 0.355 e. The number of fused-ring (bicyclic) bond motifs is 10. The fourth-order valence-corrected chi connectivity index (χ4v) is 4.81. The van der Waals surface area contributed by atoms with Crippen LogP contribution in [-0.4, -0.2) is 24.9 Å². The molecule has 0 saturated carbocycles. The van der Waals surface area contributed by atoms with Gasteiger partial charge >= 0.3 is 0 Å². The van der Waals surface area contributed by atoms with Gasteiger partial charge < -0.3 is 15.0 Å². The predicted octanol–water partition coefficient (Wildman–Crippen LogP) is 7.34. The molecule has 8 rings (SSSR count). The fraction of sp³-hybridized carbons (Fsp3) is 0. The molecule has 2 aliphatic heterocycles. The van der Waals surface area contributed by atoms with Crippen LogP contribution in [0.25, 0.3) is 68.2 Å². The molecule has 186 valence electrons. The minimum Gasteiger partial charge on any atom is -0.355 e. The van der Waals surface area contributed by atoms with Crippen LogP contribution >= 0.6 is 0 Å². The summed E-state index contributed by atoms with van der Waals surface area (Å²) in [6.45, 7) is 0. The molecule has 4 aromatic heterocycles. The molecule has 6 aromatic rings. The molecular formula is C33H23N5O. The quantitative estimate of drug-likeness (QED) is 0.188. The Hall–Kier alpha value is -5.49. The molecule has 0 saturated heterocycles. The van der Waals surface area contributed by atoms with Crippen LogP contribution in [0.4, 0.5) is 0 Å². The van der Waals surface area contributed by atoms with E-state index in [1.165, 1.54) is 0 Å². The van der Waals surface area contributed by atoms with E-state index in [-0.39, 0.29) is 5.43 Å². The molecule has 6 heteroatoms. The molecule has 6 nitrogen and oxygen atoms in total. The lowest BCUT2D eigenvalue weighted by Crippen LogP contribution is -2.03. The van der Waals surface area contributed by atoms with Crippen molar-refractivity contribution in [1.82, 2.24) is 24.9 Å². The molecular weight excluding hydrogens is 482 g/mol. The Morgan fingerprint density at radius 3 is 1.33 bits per heavy atom. The first-order valence-electron chi connectivity index (χ1n) is 12.7. The maximum absolute atomic E-state index is 12.1. The standard InChI is InChI=1S/C20H14N4.C13H9NO/c1-2-14-10-16-5-6-18(23-16)12-20-8-7-19(24-20)11-17-4-3-15(22-17)9-13(1)21-14;15-13-9-5-1-3-7-11(9)14-12-8-4-2-6-10(12)13/h1-12,21-22H;1-8H,(H,14,15). The van der Waals surface area contributed by atoms with Crippen LogP contribution in [0.2, 0.25) is 0 Å². The van der Waals surface area contributed by atoms with Gasteiger partial charge in [0, 0.05) is 43.9 Å². The van der Waals surface area contributed by atoms with Gasteiger partial charge in [-0.1, -0.05) is 24.3 Å². The van der Waals surface area contributed by atoms with Gasteiger partial charge in [0.2, 0.25) is 0 Å². The Balaban J connectivity index is 0.000000145. The fourth-order valence-electron chi connectivity index (χ4n) is 4.81. The van der Waals surface area contributed by atoms with E-state index in [1.807, 2.05) is 91.0 Å². The summed E-state index contributed by atoms with van der Waals surface area (Å²) in [5.41, 5.74) is 9.74. The monoisotopic (exact) mass is 505 g/mol. The summed E-state index contributed by atoms with van der Waals surface area (Å²) < 4.78 is 0. The van der Waals surface area contributed by atoms with Crippen LogP contribution in [0.15, 0.2) is 102 Å². The summed E-state index contributed by atoms with van der Waals surface area (Å²) in [6, 6.07) is 31.5. The lowest BCUT2D eigenvalue weighted by Gasteiger charge is -2.01. The van der Waals surface area contributed by atoms with Crippen molar-refractivity contribution in [1.29, 1.82) is 0 Å². The molecule has 39 heavy (non-hydrogen) atoms. The number of pyridine rings is 1. The summed E-state index contributed by atoms with van der Waals surface area (Å²) in [4.78, 5) is 31.3. The molecule has 0 amide bonds. The number of nitrogens with zero attached hydrogens (tertiary/aromatic N) is 2. The van der Waals surface area contributed by atoms with Gasteiger partial charge in [0.25, 0.3) is 0 Å². The number of hydrogen-bond donors (Lipinski definition) is 3. The molecule has 2 aromatic carbocycles. The first-order chi connectivity index (χ1) is 19.2. The Labute approximate surface area is 223 Å². The first-order valence-corrected chi connectivity index (χ1v) is 12.7. The minimum absolute atomic E-state index is 0.0972. The van der Waals surface area contributed by atoms with Crippen molar-refractivity contribution >= 4 is 68.2 Å². The van der Waals surface area contributed by atoms with Crippen LogP contribution in [0.3, 0.4) is 0 Å². The van der Waals surface area contributed by atoms with E-state index in [0.29, 0.717) is 0 Å². The third kappa shape index (κ3) is 4.67. The highest BCUT2D eigenvalue weighted by molar-refractivity contribution is 5.92. The number of nitrogens with one attached hydrogen (secondary N) is 3. The van der Waals surface area contributed by atoms with Crippen LogP contribution < -0.4 is 5.43 Å². The summed E-state index contributed by atoms with van der Waals surface area (Å²) in [5, 5.41) is 1.49. The lowest BCUT2D eigenvalue weighted by molar-refractivity contribution is 1.28. The van der Waals surface area contributed by atoms with Gasteiger partial charge in [0.15, 0.2) is 5.43 Å². The summed E-state index contributed by atoms with van der Waals surface area (Å²) in [5.74, 6) is 0. The number of benzene rings is 2. The molecule has 0 radical (unpaired) electrons. The minimum atomic E-state index is 0.0972. The van der Waals surface area contributed by atoms with E-state index >= 15 is 0 Å². The highest BCUT2D eigenvalue weighted by Gasteiger charge is 2.03. The zero-order chi connectivity index (χ0) is 26.2. The Morgan fingerprint density at radius 2 is 0.846 bits per heavy atom. The Kier molecular flexibility index (Phi) is 5.49. The van der Waals surface area contributed by atoms with E-state index in [2.05, 4.69) is 55.3 Å². The summed E-state index contributed by atoms with van der Waals surface area (Å²) in [7, 11) is 0. The number of hydrogen-bond acceptors (Lipinski definition) is 3. The number of aromatic nitrogens is 5. The van der Waals surface area contributed by atoms with E-state index in [4.69, 9.17) is 0 Å². The van der Waals surface area contributed by atoms with Crippen LogP contribution in [0.5, 0.6) is 0 Å². The number of aromatic amines is 3. The maximum atomic E-state index is 12.1. The van der Waals surface area contributed by atoms with Gasteiger partial charge in [-0.25, -0.2) is 9.97 Å². The second kappa shape index (κ2) is 9.43. The first kappa shape index (κ1) is 22.7. The second-order valence-corrected chi connectivity index (χ2v) is 9.45. The number of rotatable bonds is 0. The van der Waals surface area contributed by atoms with Crippen LogP contribution in [-0.2, 0) is 0 Å². The number of para-hydroxylation sites is 2. The molecule has 6 heterocycles. The molecule has 0 unspecified atom stereocenters. The van der Waals surface area contributed by atoms with Crippen molar-refractivity contribution in [3.8, 4) is 0 Å². The zero-order valence-electron chi connectivity index (χ0n) is 20.8. The Bertz CT molecular complexity index is 2020. The molecule has 3 N–H and O–H groups in total. The van der Waals surface area contributed by atoms with Gasteiger partial charge in [-0.05, 0) is 97.1 Å². The van der Waals surface area contributed by atoms with E-state index < -0.39 is 0 Å². The molecule has 0 atom stereocenters. The highest BCUT2D eigenvalue weighted by Crippen LogP contribution is 2.17. The average Bonchev–Trinajstić information content (AvgIpc) is 3.76. The SMILES string of the molecule is C1=Cc2cc3ccc(cc4ccc(cc5nc(cc1n2)C=C5)[nH]4)[nH]3.O=c1c2ccccc2[nH]c2ccccc12. The second-order valence-electron chi connectivity index (χ2n) is 9.45. The van der Waals surface area contributed by atoms with Crippen LogP contribution in [0.1, 0.15) is 22.8 Å². The molecule has 0 fully saturated rings. The van der Waals surface area contributed by atoms with Gasteiger partial charge in [-0.3, -0.25) is 4.79 Å². The predicted molar refractivity (Wildman–Crippen MR) is 161 cm³/mol. The topological polar surface area (TPSA) is 90.2 Å². The normalized spacial score (nSPS) is 12.0. The Morgan fingerprint density at radius 1 is 0.436 bits per heavy atom. The van der Waals surface area contributed by atoms with Crippen LogP contribution in [0, 0.1) is 0 Å². The summed E-state index contributed by atoms with van der Waals surface area (Å²) >= 11 is 0. The van der Waals surface area contributed by atoms with E-state index in [9.17, 15) is 4.79 Å². The molecule has 2 aliphatic rings. The zero-order valence-corrected chi connectivity index (χ0v) is 20.8. The van der Waals surface area contributed by atoms with Gasteiger partial charge in [-0.2, -0.15) is 0 Å². The number of H-pyrrole nitrogens is 3.